The zero-order valence-electron chi connectivity index (χ0n) is 12.3. The van der Waals surface area contributed by atoms with Crippen LogP contribution in [0.25, 0.3) is 10.6 Å². The molecule has 0 N–H and O–H groups in total. The van der Waals surface area contributed by atoms with Gasteiger partial charge in [-0.25, -0.2) is 0 Å². The quantitative estimate of drug-likeness (QED) is 0.719. The van der Waals surface area contributed by atoms with Crippen LogP contribution in [0, 0.1) is 0 Å². The third kappa shape index (κ3) is 3.23. The molecule has 3 rings (SSSR count). The molecule has 0 aliphatic carbocycles. The number of benzene rings is 1. The lowest BCUT2D eigenvalue weighted by Crippen LogP contribution is -2.30. The fraction of sp³-hybridized carbons (Fsp3) is 0.125. The Balaban J connectivity index is 1.92. The summed E-state index contributed by atoms with van der Waals surface area (Å²) in [5.41, 5.74) is 1.33. The van der Waals surface area contributed by atoms with E-state index in [1.54, 1.807) is 41.6 Å². The Bertz CT molecular complexity index is 822. The minimum absolute atomic E-state index is 0.188. The molecule has 0 bridgehead atoms. The molecule has 0 unspecified atom stereocenters. The van der Waals surface area contributed by atoms with E-state index >= 15 is 0 Å². The maximum Gasteiger partial charge on any atom is 0.261 e. The van der Waals surface area contributed by atoms with Gasteiger partial charge in [-0.15, -0.1) is 10.2 Å². The lowest BCUT2D eigenvalue weighted by molar-refractivity contribution is 0.0988. The molecule has 3 aromatic rings. The molecular formula is C16H13ClN4OS. The Labute approximate surface area is 142 Å². The van der Waals surface area contributed by atoms with Crippen molar-refractivity contribution < 1.29 is 4.79 Å². The molecule has 1 amide bonds. The van der Waals surface area contributed by atoms with Crippen LogP contribution in [0.4, 0.5) is 5.13 Å². The topological polar surface area (TPSA) is 59.0 Å². The van der Waals surface area contributed by atoms with Crippen molar-refractivity contribution >= 4 is 34.0 Å². The molecule has 0 fully saturated rings. The van der Waals surface area contributed by atoms with Crippen molar-refractivity contribution in [1.82, 2.24) is 15.2 Å². The van der Waals surface area contributed by atoms with Crippen LogP contribution in [0.2, 0.25) is 5.02 Å². The summed E-state index contributed by atoms with van der Waals surface area (Å²) in [6.45, 7) is 2.37. The Morgan fingerprint density at radius 3 is 2.74 bits per heavy atom. The molecule has 0 radical (unpaired) electrons. The van der Waals surface area contributed by atoms with Gasteiger partial charge in [0.2, 0.25) is 5.13 Å². The van der Waals surface area contributed by atoms with E-state index in [1.165, 1.54) is 11.3 Å². The van der Waals surface area contributed by atoms with Gasteiger partial charge >= 0.3 is 0 Å². The van der Waals surface area contributed by atoms with Crippen molar-refractivity contribution in [2.24, 2.45) is 0 Å². The van der Waals surface area contributed by atoms with Crippen molar-refractivity contribution in [3.05, 3.63) is 59.4 Å². The summed E-state index contributed by atoms with van der Waals surface area (Å²) in [7, 11) is 0. The Morgan fingerprint density at radius 1 is 1.22 bits per heavy atom. The minimum Gasteiger partial charge on any atom is -0.283 e. The summed E-state index contributed by atoms with van der Waals surface area (Å²) in [6, 6.07) is 10.7. The first-order chi connectivity index (χ1) is 11.2. The Kier molecular flexibility index (Phi) is 4.64. The maximum absolute atomic E-state index is 12.7. The van der Waals surface area contributed by atoms with E-state index in [-0.39, 0.29) is 5.91 Å². The summed E-state index contributed by atoms with van der Waals surface area (Å²) in [5.74, 6) is -0.188. The third-order valence-corrected chi connectivity index (χ3v) is 4.54. The molecule has 0 spiro atoms. The lowest BCUT2D eigenvalue weighted by atomic mass is 10.2. The average Bonchev–Trinajstić information content (AvgIpc) is 3.06. The standard InChI is InChI=1S/C16H13ClN4OS/c1-2-21(15(22)12-7-3-4-8-13(12)17)16-20-19-14(23-16)11-6-5-9-18-10-11/h3-10H,2H2,1H3. The van der Waals surface area contributed by atoms with Crippen LogP contribution in [0.3, 0.4) is 0 Å². The molecule has 2 heterocycles. The van der Waals surface area contributed by atoms with E-state index in [1.807, 2.05) is 19.1 Å². The van der Waals surface area contributed by atoms with Crippen LogP contribution in [0.1, 0.15) is 17.3 Å². The van der Waals surface area contributed by atoms with Gasteiger partial charge in [-0.05, 0) is 31.2 Å². The Morgan fingerprint density at radius 2 is 2.04 bits per heavy atom. The smallest absolute Gasteiger partial charge is 0.261 e. The monoisotopic (exact) mass is 344 g/mol. The first-order valence-electron chi connectivity index (χ1n) is 7.01. The molecule has 7 heteroatoms. The van der Waals surface area contributed by atoms with E-state index in [2.05, 4.69) is 15.2 Å². The number of amides is 1. The molecule has 0 atom stereocenters. The van der Waals surface area contributed by atoms with Gasteiger partial charge in [0.05, 0.1) is 10.6 Å². The first-order valence-corrected chi connectivity index (χ1v) is 8.20. The highest BCUT2D eigenvalue weighted by Crippen LogP contribution is 2.29. The first kappa shape index (κ1) is 15.6. The largest absolute Gasteiger partial charge is 0.283 e. The van der Waals surface area contributed by atoms with Gasteiger partial charge in [0, 0.05) is 24.5 Å². The highest BCUT2D eigenvalue weighted by molar-refractivity contribution is 7.18. The van der Waals surface area contributed by atoms with Crippen molar-refractivity contribution in [2.75, 3.05) is 11.4 Å². The second-order valence-corrected chi connectivity index (χ2v) is 6.02. The SMILES string of the molecule is CCN(C(=O)c1ccccc1Cl)c1nnc(-c2cccnc2)s1. The van der Waals surface area contributed by atoms with E-state index in [0.29, 0.717) is 22.3 Å². The van der Waals surface area contributed by atoms with Crippen LogP contribution in [0.15, 0.2) is 48.8 Å². The highest BCUT2D eigenvalue weighted by atomic mass is 35.5. The van der Waals surface area contributed by atoms with Gasteiger partial charge < -0.3 is 0 Å². The average molecular weight is 345 g/mol. The molecule has 0 saturated carbocycles. The lowest BCUT2D eigenvalue weighted by Gasteiger charge is -2.17. The zero-order chi connectivity index (χ0) is 16.2. The zero-order valence-corrected chi connectivity index (χ0v) is 13.9. The number of pyridine rings is 1. The summed E-state index contributed by atoms with van der Waals surface area (Å²) < 4.78 is 0. The number of carbonyl (C=O) groups excluding carboxylic acids is 1. The number of halogens is 1. The van der Waals surface area contributed by atoms with E-state index in [9.17, 15) is 4.79 Å². The predicted molar refractivity (Wildman–Crippen MR) is 91.9 cm³/mol. The number of hydrogen-bond acceptors (Lipinski definition) is 5. The van der Waals surface area contributed by atoms with Crippen LogP contribution in [-0.4, -0.2) is 27.6 Å². The van der Waals surface area contributed by atoms with Crippen molar-refractivity contribution in [3.8, 4) is 10.6 Å². The number of nitrogens with zero attached hydrogens (tertiary/aromatic N) is 4. The van der Waals surface area contributed by atoms with Crippen molar-refractivity contribution in [1.29, 1.82) is 0 Å². The number of aromatic nitrogens is 3. The second kappa shape index (κ2) is 6.85. The van der Waals surface area contributed by atoms with E-state index in [4.69, 9.17) is 11.6 Å². The van der Waals surface area contributed by atoms with E-state index < -0.39 is 0 Å². The molecule has 1 aromatic carbocycles. The predicted octanol–water partition coefficient (Wildman–Crippen LogP) is 3.92. The summed E-state index contributed by atoms with van der Waals surface area (Å²) in [4.78, 5) is 18.3. The van der Waals surface area contributed by atoms with Gasteiger partial charge in [0.1, 0.15) is 0 Å². The molecule has 0 saturated heterocycles. The van der Waals surface area contributed by atoms with Gasteiger partial charge in [-0.2, -0.15) is 0 Å². The van der Waals surface area contributed by atoms with Gasteiger partial charge in [-0.3, -0.25) is 14.7 Å². The third-order valence-electron chi connectivity index (χ3n) is 3.22. The fourth-order valence-corrected chi connectivity index (χ4v) is 3.19. The molecule has 0 aliphatic rings. The van der Waals surface area contributed by atoms with Gasteiger partial charge in [0.25, 0.3) is 5.91 Å². The van der Waals surface area contributed by atoms with Gasteiger partial charge in [0.15, 0.2) is 5.01 Å². The highest BCUT2D eigenvalue weighted by Gasteiger charge is 2.22. The molecular weight excluding hydrogens is 332 g/mol. The van der Waals surface area contributed by atoms with E-state index in [0.717, 1.165) is 10.6 Å². The minimum atomic E-state index is -0.188. The molecule has 23 heavy (non-hydrogen) atoms. The second-order valence-electron chi connectivity index (χ2n) is 4.66. The van der Waals surface area contributed by atoms with Crippen LogP contribution < -0.4 is 4.90 Å². The number of carbonyl (C=O) groups is 1. The molecule has 5 nitrogen and oxygen atoms in total. The van der Waals surface area contributed by atoms with Gasteiger partial charge in [-0.1, -0.05) is 35.1 Å². The molecule has 2 aromatic heterocycles. The van der Waals surface area contributed by atoms with Crippen LogP contribution in [0.5, 0.6) is 0 Å². The number of rotatable bonds is 4. The van der Waals surface area contributed by atoms with Crippen molar-refractivity contribution in [2.45, 2.75) is 6.92 Å². The number of hydrogen-bond donors (Lipinski definition) is 0. The fourth-order valence-electron chi connectivity index (χ4n) is 2.08. The maximum atomic E-state index is 12.7. The molecule has 0 aliphatic heterocycles. The van der Waals surface area contributed by atoms with Crippen molar-refractivity contribution in [3.63, 3.8) is 0 Å². The Hall–Kier alpha value is -2.31. The van der Waals surface area contributed by atoms with Crippen LogP contribution >= 0.6 is 22.9 Å². The normalized spacial score (nSPS) is 10.5. The summed E-state index contributed by atoms with van der Waals surface area (Å²) >= 11 is 7.47. The van der Waals surface area contributed by atoms with Crippen LogP contribution in [-0.2, 0) is 0 Å². The molecule has 116 valence electrons. The summed E-state index contributed by atoms with van der Waals surface area (Å²) in [5, 5.41) is 9.98. The number of anilines is 1. The summed E-state index contributed by atoms with van der Waals surface area (Å²) in [6.07, 6.45) is 3.42.